The quantitative estimate of drug-likeness (QED) is 0.871. The summed E-state index contributed by atoms with van der Waals surface area (Å²) in [5.74, 6) is -0.699. The highest BCUT2D eigenvalue weighted by molar-refractivity contribution is 5.67. The summed E-state index contributed by atoms with van der Waals surface area (Å²) in [6, 6.07) is 0.956. The van der Waals surface area contributed by atoms with Crippen molar-refractivity contribution in [2.45, 2.75) is 30.9 Å². The van der Waals surface area contributed by atoms with Crippen LogP contribution in [0.1, 0.15) is 25.0 Å². The maximum absolute atomic E-state index is 12.9. The number of rotatable bonds is 2. The average Bonchev–Trinajstić information content (AvgIpc) is 2.46. The third-order valence-corrected chi connectivity index (χ3v) is 2.92. The van der Waals surface area contributed by atoms with Crippen molar-refractivity contribution >= 4 is 6.09 Å². The Balaban J connectivity index is 2.27. The van der Waals surface area contributed by atoms with Crippen LogP contribution in [0.2, 0.25) is 0 Å². The van der Waals surface area contributed by atoms with Crippen molar-refractivity contribution in [1.82, 2.24) is 5.16 Å². The van der Waals surface area contributed by atoms with Crippen LogP contribution in [0.3, 0.4) is 0 Å². The summed E-state index contributed by atoms with van der Waals surface area (Å²) in [4.78, 5) is 10.4. The van der Waals surface area contributed by atoms with Gasteiger partial charge in [-0.25, -0.2) is 4.79 Å². The Morgan fingerprint density at radius 2 is 2.18 bits per heavy atom. The molecule has 2 rings (SSSR count). The summed E-state index contributed by atoms with van der Waals surface area (Å²) in [5.41, 5.74) is 2.71. The number of nitrogens with two attached hydrogens (primary N) is 1. The van der Waals surface area contributed by atoms with Crippen LogP contribution in [0.25, 0.3) is 0 Å². The molecule has 0 atom stereocenters. The lowest BCUT2D eigenvalue weighted by atomic mass is 9.66. The molecule has 0 radical (unpaired) electrons. The SMILES string of the molecule is NC(=O)Oc1cc(C2(C(F)(F)F)CCC2)on1. The summed E-state index contributed by atoms with van der Waals surface area (Å²) in [6.45, 7) is 0. The molecule has 0 bridgehead atoms. The van der Waals surface area contributed by atoms with Gasteiger partial charge in [0.15, 0.2) is 5.76 Å². The van der Waals surface area contributed by atoms with Gasteiger partial charge in [0.25, 0.3) is 5.88 Å². The standard InChI is InChI=1S/C9H9F3N2O3/c10-9(11,12)8(2-1-3-8)5-4-6(14-17-5)16-7(13)15/h4H,1-3H2,(H2,13,15). The van der Waals surface area contributed by atoms with Gasteiger partial charge in [-0.2, -0.15) is 13.2 Å². The van der Waals surface area contributed by atoms with E-state index in [0.29, 0.717) is 6.42 Å². The number of alkyl halides is 3. The van der Waals surface area contributed by atoms with Crippen LogP contribution in [0, 0.1) is 0 Å². The lowest BCUT2D eigenvalue weighted by Gasteiger charge is -2.40. The Labute approximate surface area is 93.7 Å². The zero-order chi connectivity index (χ0) is 12.7. The number of carbonyl (C=O) groups is 1. The van der Waals surface area contributed by atoms with Crippen molar-refractivity contribution in [2.24, 2.45) is 5.73 Å². The first-order valence-corrected chi connectivity index (χ1v) is 4.86. The summed E-state index contributed by atoms with van der Waals surface area (Å²) in [7, 11) is 0. The molecule has 17 heavy (non-hydrogen) atoms. The van der Waals surface area contributed by atoms with Crippen molar-refractivity contribution in [3.05, 3.63) is 11.8 Å². The first kappa shape index (κ1) is 11.7. The topological polar surface area (TPSA) is 78.4 Å². The largest absolute Gasteiger partial charge is 0.411 e. The van der Waals surface area contributed by atoms with E-state index in [-0.39, 0.29) is 24.5 Å². The first-order valence-electron chi connectivity index (χ1n) is 4.86. The number of carbonyl (C=O) groups excluding carboxylic acids is 1. The van der Waals surface area contributed by atoms with Gasteiger partial charge in [0.2, 0.25) is 0 Å². The molecule has 0 unspecified atom stereocenters. The normalized spacial score (nSPS) is 18.5. The molecule has 0 aliphatic heterocycles. The van der Waals surface area contributed by atoms with Crippen LogP contribution in [0.4, 0.5) is 18.0 Å². The Morgan fingerprint density at radius 1 is 1.53 bits per heavy atom. The Morgan fingerprint density at radius 3 is 2.59 bits per heavy atom. The Kier molecular flexibility index (Phi) is 2.52. The Bertz CT molecular complexity index is 437. The van der Waals surface area contributed by atoms with Crippen molar-refractivity contribution in [3.8, 4) is 5.88 Å². The highest BCUT2D eigenvalue weighted by atomic mass is 19.4. The van der Waals surface area contributed by atoms with E-state index in [1.165, 1.54) is 0 Å². The van der Waals surface area contributed by atoms with E-state index in [1.807, 2.05) is 0 Å². The lowest BCUT2D eigenvalue weighted by molar-refractivity contribution is -0.218. The van der Waals surface area contributed by atoms with Gasteiger partial charge < -0.3 is 15.0 Å². The number of halogens is 3. The van der Waals surface area contributed by atoms with E-state index < -0.39 is 17.7 Å². The third kappa shape index (κ3) is 1.83. The molecule has 0 aromatic carbocycles. The second-order valence-corrected chi connectivity index (χ2v) is 3.88. The number of amides is 1. The molecule has 1 saturated carbocycles. The average molecular weight is 250 g/mol. The van der Waals surface area contributed by atoms with Crippen molar-refractivity contribution in [1.29, 1.82) is 0 Å². The number of nitrogens with zero attached hydrogens (tertiary/aromatic N) is 1. The number of aromatic nitrogens is 1. The Hall–Kier alpha value is -1.73. The first-order chi connectivity index (χ1) is 7.85. The van der Waals surface area contributed by atoms with Gasteiger partial charge in [-0.05, 0) is 18.0 Å². The van der Waals surface area contributed by atoms with Crippen LogP contribution in [-0.4, -0.2) is 17.4 Å². The minimum absolute atomic E-state index is 0.0539. The molecule has 0 saturated heterocycles. The van der Waals surface area contributed by atoms with Crippen LogP contribution < -0.4 is 10.5 Å². The third-order valence-electron chi connectivity index (χ3n) is 2.92. The molecule has 2 N–H and O–H groups in total. The second-order valence-electron chi connectivity index (χ2n) is 3.88. The molecule has 1 fully saturated rings. The van der Waals surface area contributed by atoms with Gasteiger partial charge >= 0.3 is 12.3 Å². The summed E-state index contributed by atoms with van der Waals surface area (Å²) in [6.07, 6.45) is -5.20. The van der Waals surface area contributed by atoms with E-state index in [2.05, 4.69) is 14.4 Å². The van der Waals surface area contributed by atoms with Gasteiger partial charge in [0.05, 0.1) is 0 Å². The van der Waals surface area contributed by atoms with Crippen LogP contribution in [-0.2, 0) is 5.41 Å². The number of hydrogen-bond donors (Lipinski definition) is 1. The minimum atomic E-state index is -4.41. The molecular weight excluding hydrogens is 241 g/mol. The van der Waals surface area contributed by atoms with Gasteiger partial charge in [0, 0.05) is 6.07 Å². The van der Waals surface area contributed by atoms with E-state index in [1.54, 1.807) is 0 Å². The minimum Gasteiger partial charge on any atom is -0.388 e. The number of hydrogen-bond acceptors (Lipinski definition) is 4. The zero-order valence-corrected chi connectivity index (χ0v) is 8.58. The summed E-state index contributed by atoms with van der Waals surface area (Å²) >= 11 is 0. The van der Waals surface area contributed by atoms with E-state index >= 15 is 0 Å². The van der Waals surface area contributed by atoms with Crippen molar-refractivity contribution in [2.75, 3.05) is 0 Å². The number of primary amides is 1. The van der Waals surface area contributed by atoms with Crippen LogP contribution in [0.5, 0.6) is 5.88 Å². The molecule has 1 aromatic rings. The fraction of sp³-hybridized carbons (Fsp3) is 0.556. The molecule has 94 valence electrons. The second kappa shape index (κ2) is 3.64. The van der Waals surface area contributed by atoms with Gasteiger partial charge in [-0.3, -0.25) is 0 Å². The highest BCUT2D eigenvalue weighted by Crippen LogP contribution is 2.54. The fourth-order valence-corrected chi connectivity index (χ4v) is 1.84. The molecule has 1 heterocycles. The monoisotopic (exact) mass is 250 g/mol. The predicted octanol–water partition coefficient (Wildman–Crippen LogP) is 2.12. The smallest absolute Gasteiger partial charge is 0.388 e. The van der Waals surface area contributed by atoms with Crippen molar-refractivity contribution in [3.63, 3.8) is 0 Å². The molecule has 1 aromatic heterocycles. The van der Waals surface area contributed by atoms with E-state index in [9.17, 15) is 18.0 Å². The fourth-order valence-electron chi connectivity index (χ4n) is 1.84. The van der Waals surface area contributed by atoms with E-state index in [4.69, 9.17) is 5.73 Å². The summed E-state index contributed by atoms with van der Waals surface area (Å²) in [5, 5.41) is 3.22. The van der Waals surface area contributed by atoms with E-state index in [0.717, 1.165) is 6.07 Å². The molecular formula is C9H9F3N2O3. The highest BCUT2D eigenvalue weighted by Gasteiger charge is 2.61. The van der Waals surface area contributed by atoms with Gasteiger partial charge in [0.1, 0.15) is 5.41 Å². The lowest BCUT2D eigenvalue weighted by Crippen LogP contribution is -2.47. The van der Waals surface area contributed by atoms with Gasteiger partial charge in [-0.1, -0.05) is 6.42 Å². The predicted molar refractivity (Wildman–Crippen MR) is 48.3 cm³/mol. The molecule has 0 spiro atoms. The molecule has 1 aliphatic carbocycles. The molecule has 5 nitrogen and oxygen atoms in total. The van der Waals surface area contributed by atoms with Crippen LogP contribution >= 0.6 is 0 Å². The zero-order valence-electron chi connectivity index (χ0n) is 8.58. The van der Waals surface area contributed by atoms with Gasteiger partial charge in [-0.15, -0.1) is 0 Å². The van der Waals surface area contributed by atoms with Crippen molar-refractivity contribution < 1.29 is 27.2 Å². The van der Waals surface area contributed by atoms with Crippen LogP contribution in [0.15, 0.2) is 10.6 Å². The maximum Gasteiger partial charge on any atom is 0.411 e. The maximum atomic E-state index is 12.9. The molecule has 1 amide bonds. The molecule has 1 aliphatic rings. The molecule has 8 heteroatoms. The summed E-state index contributed by atoms with van der Waals surface area (Å²) < 4.78 is 47.6. The number of ether oxygens (including phenoxy) is 1.